The van der Waals surface area contributed by atoms with Crippen LogP contribution in [0.3, 0.4) is 0 Å². The van der Waals surface area contributed by atoms with Gasteiger partial charge >= 0.3 is 74.6 Å². The molecule has 0 atom stereocenters. The summed E-state index contributed by atoms with van der Waals surface area (Å²) < 4.78 is 1.58. The normalized spacial score (nSPS) is 15.2. The largest absolute Gasteiger partial charge is 1.00 e. The minimum Gasteiger partial charge on any atom is -1.00 e. The zero-order valence-electron chi connectivity index (χ0n) is 7.45. The molecule has 1 aliphatic carbocycles. The molecule has 0 aromatic carbocycles. The molecule has 0 saturated heterocycles. The summed E-state index contributed by atoms with van der Waals surface area (Å²) >= 11 is 2.25. The van der Waals surface area contributed by atoms with Crippen molar-refractivity contribution in [1.29, 1.82) is 0 Å². The number of rotatable bonds is 2. The van der Waals surface area contributed by atoms with E-state index < -0.39 is 0 Å². The maximum absolute atomic E-state index is 2.35. The fraction of sp³-hybridized carbons (Fsp3) is 0.556. The van der Waals surface area contributed by atoms with Gasteiger partial charge in [-0.2, -0.15) is 0 Å². The van der Waals surface area contributed by atoms with Crippen LogP contribution in [0.15, 0.2) is 21.1 Å². The van der Waals surface area contributed by atoms with Gasteiger partial charge in [0.25, 0.3) is 0 Å². The fourth-order valence-electron chi connectivity index (χ4n) is 1.32. The maximum Gasteiger partial charge on any atom is -1.00 e. The first-order valence-electron chi connectivity index (χ1n) is 3.85. The SMILES string of the molecule is CCCC1=[C]([Ti+2])CC(C)=C1.[Cl-].[Cl-]. The first-order chi connectivity index (χ1) is 4.74. The molecule has 0 unspecified atom stereocenters. The first-order valence-corrected chi connectivity index (χ1v) is 4.63. The molecule has 1 aliphatic rings. The molecule has 0 aliphatic heterocycles. The Kier molecular flexibility index (Phi) is 9.16. The zero-order chi connectivity index (χ0) is 7.56. The summed E-state index contributed by atoms with van der Waals surface area (Å²) in [6.07, 6.45) is 6.10. The van der Waals surface area contributed by atoms with E-state index in [0.29, 0.717) is 0 Å². The van der Waals surface area contributed by atoms with Crippen LogP contribution in [0.5, 0.6) is 0 Å². The van der Waals surface area contributed by atoms with E-state index in [4.69, 9.17) is 0 Å². The molecule has 0 aromatic rings. The average molecular weight is 240 g/mol. The predicted octanol–water partition coefficient (Wildman–Crippen LogP) is -3.05. The summed E-state index contributed by atoms with van der Waals surface area (Å²) in [5.41, 5.74) is 3.11. The second-order valence-electron chi connectivity index (χ2n) is 2.92. The van der Waals surface area contributed by atoms with Crippen molar-refractivity contribution in [3.05, 3.63) is 21.1 Å². The average Bonchev–Trinajstić information content (AvgIpc) is 2.13. The van der Waals surface area contributed by atoms with Crippen LogP contribution in [0, 0.1) is 0 Å². The van der Waals surface area contributed by atoms with Crippen LogP contribution >= 0.6 is 0 Å². The van der Waals surface area contributed by atoms with E-state index in [0.717, 1.165) is 0 Å². The topological polar surface area (TPSA) is 0 Å². The van der Waals surface area contributed by atoms with Crippen molar-refractivity contribution in [2.75, 3.05) is 0 Å². The minimum atomic E-state index is 0. The Morgan fingerprint density at radius 1 is 1.42 bits per heavy atom. The molecule has 3 heteroatoms. The van der Waals surface area contributed by atoms with Crippen molar-refractivity contribution < 1.29 is 45.2 Å². The summed E-state index contributed by atoms with van der Waals surface area (Å²) in [5, 5.41) is 0. The van der Waals surface area contributed by atoms with Gasteiger partial charge in [-0.3, -0.25) is 0 Å². The Morgan fingerprint density at radius 3 is 2.33 bits per heavy atom. The van der Waals surface area contributed by atoms with E-state index in [1.165, 1.54) is 24.8 Å². The second kappa shape index (κ2) is 7.20. The van der Waals surface area contributed by atoms with E-state index >= 15 is 0 Å². The molecule has 0 saturated carbocycles. The van der Waals surface area contributed by atoms with Crippen molar-refractivity contribution in [1.82, 2.24) is 0 Å². The first kappa shape index (κ1) is 15.3. The molecular formula is C9H13Cl2Ti. The Morgan fingerprint density at radius 2 is 2.00 bits per heavy atom. The Bertz CT molecular complexity index is 195. The Balaban J connectivity index is 0. The van der Waals surface area contributed by atoms with Gasteiger partial charge in [-0.25, -0.2) is 0 Å². The van der Waals surface area contributed by atoms with E-state index in [1.54, 1.807) is 9.45 Å². The molecule has 1 rings (SSSR count). The molecule has 0 aromatic heterocycles. The van der Waals surface area contributed by atoms with E-state index in [2.05, 4.69) is 40.4 Å². The second-order valence-corrected chi connectivity index (χ2v) is 3.86. The fourth-order valence-corrected chi connectivity index (χ4v) is 2.06. The molecule has 0 bridgehead atoms. The van der Waals surface area contributed by atoms with Gasteiger partial charge in [0.15, 0.2) is 0 Å². The Hall–Kier alpha value is 0.774. The smallest absolute Gasteiger partial charge is 1.00 e. The summed E-state index contributed by atoms with van der Waals surface area (Å²) in [6, 6.07) is 0. The molecule has 0 heterocycles. The molecule has 0 N–H and O–H groups in total. The minimum absolute atomic E-state index is 0. The molecule has 0 radical (unpaired) electrons. The summed E-state index contributed by atoms with van der Waals surface area (Å²) in [5.74, 6) is 0. The van der Waals surface area contributed by atoms with Gasteiger partial charge in [-0.05, 0) is 0 Å². The maximum atomic E-state index is 2.35. The zero-order valence-corrected chi connectivity index (χ0v) is 10.5. The van der Waals surface area contributed by atoms with Crippen LogP contribution in [0.1, 0.15) is 33.1 Å². The monoisotopic (exact) mass is 239 g/mol. The van der Waals surface area contributed by atoms with Crippen molar-refractivity contribution >= 4 is 0 Å². The van der Waals surface area contributed by atoms with Gasteiger partial charge < -0.3 is 24.8 Å². The molecule has 12 heavy (non-hydrogen) atoms. The third kappa shape index (κ3) is 4.14. The Labute approximate surface area is 99.1 Å². The van der Waals surface area contributed by atoms with Crippen molar-refractivity contribution in [3.8, 4) is 0 Å². The van der Waals surface area contributed by atoms with Gasteiger partial charge in [0.05, 0.1) is 0 Å². The van der Waals surface area contributed by atoms with Crippen molar-refractivity contribution in [2.45, 2.75) is 33.1 Å². The molecule has 0 spiro atoms. The molecular weight excluding hydrogens is 227 g/mol. The standard InChI is InChI=1S/C9H13.2ClH.Ti/c1-3-4-9-6-5-8(2)7-9;;;/h7H,3-5H2,1-2H3;2*1H;/q;;;+2/p-2. The van der Waals surface area contributed by atoms with Crippen molar-refractivity contribution in [2.24, 2.45) is 0 Å². The predicted molar refractivity (Wildman–Crippen MR) is 40.3 cm³/mol. The third-order valence-corrected chi connectivity index (χ3v) is 2.56. The molecule has 67 valence electrons. The molecule has 0 fully saturated rings. The summed E-state index contributed by atoms with van der Waals surface area (Å²) in [6.45, 7) is 4.45. The van der Waals surface area contributed by atoms with Crippen LogP contribution in [0.2, 0.25) is 0 Å². The summed E-state index contributed by atoms with van der Waals surface area (Å²) in [4.78, 5) is 0. The number of hydrogen-bond acceptors (Lipinski definition) is 0. The van der Waals surface area contributed by atoms with Crippen LogP contribution in [0.4, 0.5) is 0 Å². The number of hydrogen-bond donors (Lipinski definition) is 0. The van der Waals surface area contributed by atoms with Gasteiger partial charge in [-0.1, -0.05) is 0 Å². The van der Waals surface area contributed by atoms with Gasteiger partial charge in [0.2, 0.25) is 0 Å². The quantitative estimate of drug-likeness (QED) is 0.450. The number of halogens is 2. The van der Waals surface area contributed by atoms with Crippen LogP contribution in [-0.4, -0.2) is 0 Å². The molecule has 0 amide bonds. The van der Waals surface area contributed by atoms with Crippen LogP contribution in [0.25, 0.3) is 0 Å². The number of allylic oxidation sites excluding steroid dienone is 4. The molecule has 0 nitrogen and oxygen atoms in total. The van der Waals surface area contributed by atoms with E-state index in [-0.39, 0.29) is 24.8 Å². The van der Waals surface area contributed by atoms with Crippen molar-refractivity contribution in [3.63, 3.8) is 0 Å². The van der Waals surface area contributed by atoms with Gasteiger partial charge in [-0.15, -0.1) is 0 Å². The van der Waals surface area contributed by atoms with Gasteiger partial charge in [0, 0.05) is 0 Å². The van der Waals surface area contributed by atoms with Crippen LogP contribution < -0.4 is 24.8 Å². The van der Waals surface area contributed by atoms with E-state index in [1.807, 2.05) is 0 Å². The van der Waals surface area contributed by atoms with E-state index in [9.17, 15) is 0 Å². The van der Waals surface area contributed by atoms with Crippen LogP contribution in [-0.2, 0) is 20.4 Å². The summed E-state index contributed by atoms with van der Waals surface area (Å²) in [7, 11) is 0. The third-order valence-electron chi connectivity index (χ3n) is 1.78. The van der Waals surface area contributed by atoms with Gasteiger partial charge in [0.1, 0.15) is 0 Å².